The average Bonchev–Trinajstić information content (AvgIpc) is 3.23. The second-order valence-corrected chi connectivity index (χ2v) is 8.40. The Kier molecular flexibility index (Phi) is 6.39. The molecule has 0 saturated carbocycles. The van der Waals surface area contributed by atoms with Gasteiger partial charge in [-0.05, 0) is 48.5 Å². The highest BCUT2D eigenvalue weighted by molar-refractivity contribution is 7.09. The van der Waals surface area contributed by atoms with E-state index in [9.17, 15) is 14.0 Å². The van der Waals surface area contributed by atoms with Gasteiger partial charge in [0.05, 0.1) is 12.2 Å². The lowest BCUT2D eigenvalue weighted by Gasteiger charge is -2.34. The predicted octanol–water partition coefficient (Wildman–Crippen LogP) is 3.87. The molecule has 1 aliphatic rings. The largest absolute Gasteiger partial charge is 0.336 e. The molecule has 2 aromatic carbocycles. The maximum absolute atomic E-state index is 13.1. The van der Waals surface area contributed by atoms with E-state index in [0.29, 0.717) is 24.3 Å². The second-order valence-electron chi connectivity index (χ2n) is 7.46. The highest BCUT2D eigenvalue weighted by Crippen LogP contribution is 2.23. The number of carbonyl (C=O) groups is 2. The highest BCUT2D eigenvalue weighted by Gasteiger charge is 2.23. The normalized spacial score (nSPS) is 14.5. The first kappa shape index (κ1) is 21.1. The third-order valence-electron chi connectivity index (χ3n) is 5.16. The van der Waals surface area contributed by atoms with Gasteiger partial charge in [0.2, 0.25) is 5.91 Å². The number of rotatable bonds is 5. The Labute approximate surface area is 184 Å². The lowest BCUT2D eigenvalue weighted by Crippen LogP contribution is -2.48. The molecule has 1 aliphatic heterocycles. The number of aromatic nitrogens is 1. The maximum atomic E-state index is 13.1. The third-order valence-corrected chi connectivity index (χ3v) is 6.00. The first-order valence-electron chi connectivity index (χ1n) is 10.1. The lowest BCUT2D eigenvalue weighted by molar-refractivity contribution is -0.114. The van der Waals surface area contributed by atoms with Gasteiger partial charge in [0, 0.05) is 55.3 Å². The van der Waals surface area contributed by atoms with E-state index in [1.807, 2.05) is 10.3 Å². The van der Waals surface area contributed by atoms with Crippen molar-refractivity contribution in [2.24, 2.45) is 0 Å². The monoisotopic (exact) mass is 438 g/mol. The van der Waals surface area contributed by atoms with E-state index >= 15 is 0 Å². The van der Waals surface area contributed by atoms with E-state index < -0.39 is 0 Å². The van der Waals surface area contributed by atoms with E-state index in [0.717, 1.165) is 35.9 Å². The van der Waals surface area contributed by atoms with Crippen LogP contribution in [0.1, 0.15) is 22.3 Å². The van der Waals surface area contributed by atoms with E-state index in [2.05, 4.69) is 15.2 Å². The van der Waals surface area contributed by atoms with Crippen LogP contribution in [0.4, 0.5) is 10.1 Å². The molecule has 8 heteroatoms. The Bertz CT molecular complexity index is 1060. The molecule has 0 radical (unpaired) electrons. The van der Waals surface area contributed by atoms with Gasteiger partial charge in [-0.2, -0.15) is 0 Å². The maximum Gasteiger partial charge on any atom is 0.253 e. The molecular weight excluding hydrogens is 415 g/mol. The summed E-state index contributed by atoms with van der Waals surface area (Å²) < 4.78 is 13.1. The number of thiazole rings is 1. The van der Waals surface area contributed by atoms with Gasteiger partial charge in [0.1, 0.15) is 10.8 Å². The van der Waals surface area contributed by atoms with Crippen LogP contribution in [-0.2, 0) is 11.3 Å². The molecule has 6 nitrogen and oxygen atoms in total. The van der Waals surface area contributed by atoms with Crippen molar-refractivity contribution in [3.63, 3.8) is 0 Å². The van der Waals surface area contributed by atoms with Crippen LogP contribution in [-0.4, -0.2) is 52.8 Å². The molecule has 2 amide bonds. The number of amides is 2. The summed E-state index contributed by atoms with van der Waals surface area (Å²) >= 11 is 1.59. The predicted molar refractivity (Wildman–Crippen MR) is 119 cm³/mol. The molecule has 0 spiro atoms. The molecule has 1 N–H and O–H groups in total. The van der Waals surface area contributed by atoms with E-state index in [-0.39, 0.29) is 17.6 Å². The molecule has 4 rings (SSSR count). The SMILES string of the molecule is CC(=O)Nc1ccc(C(=O)N2CCN(Cc3nc(-c4ccc(F)cc4)cs3)CC2)cc1. The van der Waals surface area contributed by atoms with E-state index in [1.54, 1.807) is 47.7 Å². The zero-order valence-electron chi connectivity index (χ0n) is 17.2. The topological polar surface area (TPSA) is 65.5 Å². The van der Waals surface area contributed by atoms with Crippen LogP contribution >= 0.6 is 11.3 Å². The van der Waals surface area contributed by atoms with Gasteiger partial charge in [0.15, 0.2) is 0 Å². The van der Waals surface area contributed by atoms with Crippen LogP contribution < -0.4 is 5.32 Å². The van der Waals surface area contributed by atoms with Crippen molar-refractivity contribution < 1.29 is 14.0 Å². The number of hydrogen-bond acceptors (Lipinski definition) is 5. The molecule has 3 aromatic rings. The first-order chi connectivity index (χ1) is 15.0. The second kappa shape index (κ2) is 9.36. The molecular formula is C23H23FN4O2S. The molecule has 1 aromatic heterocycles. The summed E-state index contributed by atoms with van der Waals surface area (Å²) in [5.74, 6) is -0.391. The van der Waals surface area contributed by atoms with Crippen molar-refractivity contribution >= 4 is 28.8 Å². The van der Waals surface area contributed by atoms with Crippen LogP contribution in [0.2, 0.25) is 0 Å². The van der Waals surface area contributed by atoms with Gasteiger partial charge in [0.25, 0.3) is 5.91 Å². The molecule has 0 aliphatic carbocycles. The van der Waals surface area contributed by atoms with E-state index in [1.165, 1.54) is 19.1 Å². The standard InChI is InChI=1S/C23H23FN4O2S/c1-16(29)25-20-8-4-18(5-9-20)23(30)28-12-10-27(11-13-28)14-22-26-21(15-31-22)17-2-6-19(24)7-3-17/h2-9,15H,10-14H2,1H3,(H,25,29). The van der Waals surface area contributed by atoms with Crippen molar-refractivity contribution in [1.29, 1.82) is 0 Å². The third kappa shape index (κ3) is 5.34. The zero-order valence-corrected chi connectivity index (χ0v) is 18.0. The Hall–Kier alpha value is -3.10. The number of nitrogens with one attached hydrogen (secondary N) is 1. The molecule has 0 atom stereocenters. The van der Waals surface area contributed by atoms with Gasteiger partial charge in [-0.1, -0.05) is 0 Å². The number of nitrogens with zero attached hydrogens (tertiary/aromatic N) is 3. The molecule has 31 heavy (non-hydrogen) atoms. The number of benzene rings is 2. The Morgan fingerprint density at radius 1 is 1.03 bits per heavy atom. The summed E-state index contributed by atoms with van der Waals surface area (Å²) in [6, 6.07) is 13.3. The number of hydrogen-bond donors (Lipinski definition) is 1. The van der Waals surface area contributed by atoms with Gasteiger partial charge in [-0.15, -0.1) is 11.3 Å². The molecule has 2 heterocycles. The molecule has 1 saturated heterocycles. The molecule has 160 valence electrons. The minimum Gasteiger partial charge on any atom is -0.336 e. The summed E-state index contributed by atoms with van der Waals surface area (Å²) in [5.41, 5.74) is 3.06. The van der Waals surface area contributed by atoms with Crippen molar-refractivity contribution in [1.82, 2.24) is 14.8 Å². The Balaban J connectivity index is 1.30. The van der Waals surface area contributed by atoms with Crippen LogP contribution in [0, 0.1) is 5.82 Å². The van der Waals surface area contributed by atoms with Crippen LogP contribution in [0.5, 0.6) is 0 Å². The van der Waals surface area contributed by atoms with Crippen molar-refractivity contribution in [2.75, 3.05) is 31.5 Å². The first-order valence-corrected chi connectivity index (χ1v) is 11.0. The number of halogens is 1. The van der Waals surface area contributed by atoms with Crippen molar-refractivity contribution in [3.05, 3.63) is 70.3 Å². The van der Waals surface area contributed by atoms with Gasteiger partial charge < -0.3 is 10.2 Å². The number of piperazine rings is 1. The van der Waals surface area contributed by atoms with Crippen LogP contribution in [0.25, 0.3) is 11.3 Å². The summed E-state index contributed by atoms with van der Waals surface area (Å²) in [4.78, 5) is 32.7. The number of carbonyl (C=O) groups excluding carboxylic acids is 2. The van der Waals surface area contributed by atoms with Gasteiger partial charge >= 0.3 is 0 Å². The molecule has 0 unspecified atom stereocenters. The highest BCUT2D eigenvalue weighted by atomic mass is 32.1. The fourth-order valence-corrected chi connectivity index (χ4v) is 4.36. The molecule has 1 fully saturated rings. The quantitative estimate of drug-likeness (QED) is 0.657. The Morgan fingerprint density at radius 2 is 1.71 bits per heavy atom. The minimum atomic E-state index is -0.254. The lowest BCUT2D eigenvalue weighted by atomic mass is 10.1. The average molecular weight is 439 g/mol. The fourth-order valence-electron chi connectivity index (χ4n) is 3.52. The smallest absolute Gasteiger partial charge is 0.253 e. The van der Waals surface area contributed by atoms with E-state index in [4.69, 9.17) is 0 Å². The van der Waals surface area contributed by atoms with Crippen LogP contribution in [0.15, 0.2) is 53.9 Å². The van der Waals surface area contributed by atoms with Crippen LogP contribution in [0.3, 0.4) is 0 Å². The molecule has 0 bridgehead atoms. The van der Waals surface area contributed by atoms with Crippen molar-refractivity contribution in [2.45, 2.75) is 13.5 Å². The zero-order chi connectivity index (χ0) is 21.8. The summed E-state index contributed by atoms with van der Waals surface area (Å²) in [7, 11) is 0. The summed E-state index contributed by atoms with van der Waals surface area (Å²) in [6.07, 6.45) is 0. The fraction of sp³-hybridized carbons (Fsp3) is 0.261. The van der Waals surface area contributed by atoms with Gasteiger partial charge in [-0.3, -0.25) is 14.5 Å². The van der Waals surface area contributed by atoms with Gasteiger partial charge in [-0.25, -0.2) is 9.37 Å². The summed E-state index contributed by atoms with van der Waals surface area (Å²) in [6.45, 7) is 5.06. The number of anilines is 1. The van der Waals surface area contributed by atoms with Crippen molar-refractivity contribution in [3.8, 4) is 11.3 Å². The summed E-state index contributed by atoms with van der Waals surface area (Å²) in [5, 5.41) is 5.70. The minimum absolute atomic E-state index is 0.00173. The Morgan fingerprint density at radius 3 is 2.35 bits per heavy atom.